The maximum atomic E-state index is 12.7. The number of hydrogen-bond donors (Lipinski definition) is 0. The summed E-state index contributed by atoms with van der Waals surface area (Å²) in [5.41, 5.74) is -0.286. The van der Waals surface area contributed by atoms with Gasteiger partial charge in [-0.1, -0.05) is 32.0 Å². The molecule has 23 heavy (non-hydrogen) atoms. The molecule has 0 atom stereocenters. The second kappa shape index (κ2) is 6.60. The molecule has 3 nitrogen and oxygen atoms in total. The summed E-state index contributed by atoms with van der Waals surface area (Å²) in [6.45, 7) is 3.92. The molecule has 0 aliphatic heterocycles. The van der Waals surface area contributed by atoms with E-state index in [0.717, 1.165) is 17.1 Å². The van der Waals surface area contributed by atoms with E-state index in [1.165, 1.54) is 23.5 Å². The zero-order valence-electron chi connectivity index (χ0n) is 12.6. The molecule has 126 valence electrons. The molecule has 1 aromatic heterocycles. The number of nitrogens with zero attached hydrogens (tertiary/aromatic N) is 1. The zero-order valence-corrected chi connectivity index (χ0v) is 14.2. The normalized spacial score (nSPS) is 12.8. The highest BCUT2D eigenvalue weighted by molar-refractivity contribution is 7.89. The Morgan fingerprint density at radius 3 is 2.48 bits per heavy atom. The number of aromatic nitrogens is 1. The number of thiazole rings is 1. The van der Waals surface area contributed by atoms with Crippen molar-refractivity contribution in [1.29, 1.82) is 0 Å². The van der Waals surface area contributed by atoms with Crippen molar-refractivity contribution in [2.24, 2.45) is 0 Å². The second-order valence-corrected chi connectivity index (χ2v) is 8.52. The van der Waals surface area contributed by atoms with Crippen LogP contribution in [0.15, 0.2) is 29.6 Å². The Bertz CT molecular complexity index is 780. The molecule has 0 radical (unpaired) electrons. The standard InChI is InChI=1S/C15H16F3NO2S2/c1-10(2)14-19-13(7-22-14)9-23(20,21)8-11-4-3-5-12(6-11)15(16,17)18/h3-7,10H,8-9H2,1-2H3. The van der Waals surface area contributed by atoms with E-state index in [1.54, 1.807) is 5.38 Å². The van der Waals surface area contributed by atoms with Crippen molar-refractivity contribution in [3.8, 4) is 0 Å². The SMILES string of the molecule is CC(C)c1nc(CS(=O)(=O)Cc2cccc(C(F)(F)F)c2)cs1. The van der Waals surface area contributed by atoms with E-state index in [2.05, 4.69) is 4.98 Å². The minimum absolute atomic E-state index is 0.124. The lowest BCUT2D eigenvalue weighted by Gasteiger charge is -2.09. The molecule has 0 unspecified atom stereocenters. The Kier molecular flexibility index (Phi) is 5.15. The zero-order chi connectivity index (χ0) is 17.3. The second-order valence-electron chi connectivity index (χ2n) is 5.56. The summed E-state index contributed by atoms with van der Waals surface area (Å²) in [4.78, 5) is 4.25. The van der Waals surface area contributed by atoms with Gasteiger partial charge in [0.05, 0.1) is 27.8 Å². The minimum atomic E-state index is -4.49. The summed E-state index contributed by atoms with van der Waals surface area (Å²) in [6.07, 6.45) is -4.49. The smallest absolute Gasteiger partial charge is 0.245 e. The molecular formula is C15H16F3NO2S2. The van der Waals surface area contributed by atoms with Crippen molar-refractivity contribution in [3.05, 3.63) is 51.5 Å². The van der Waals surface area contributed by atoms with Gasteiger partial charge in [0.15, 0.2) is 9.84 Å². The van der Waals surface area contributed by atoms with Crippen LogP contribution in [-0.4, -0.2) is 13.4 Å². The molecule has 8 heteroatoms. The van der Waals surface area contributed by atoms with Gasteiger partial charge in [-0.05, 0) is 11.6 Å². The molecule has 0 spiro atoms. The molecule has 1 aromatic carbocycles. The average molecular weight is 363 g/mol. The fourth-order valence-corrected chi connectivity index (χ4v) is 4.35. The Balaban J connectivity index is 2.15. The Morgan fingerprint density at radius 2 is 1.91 bits per heavy atom. The lowest BCUT2D eigenvalue weighted by molar-refractivity contribution is -0.137. The molecule has 0 fully saturated rings. The topological polar surface area (TPSA) is 47.0 Å². The van der Waals surface area contributed by atoms with Gasteiger partial charge in [0, 0.05) is 11.3 Å². The Hall–Kier alpha value is -1.41. The molecule has 0 aliphatic rings. The van der Waals surface area contributed by atoms with Crippen molar-refractivity contribution in [2.75, 3.05) is 0 Å². The number of alkyl halides is 3. The Labute approximate surface area is 137 Å². The van der Waals surface area contributed by atoms with Gasteiger partial charge < -0.3 is 0 Å². The lowest BCUT2D eigenvalue weighted by atomic mass is 10.1. The molecule has 0 amide bonds. The van der Waals surface area contributed by atoms with E-state index < -0.39 is 27.3 Å². The molecule has 0 bridgehead atoms. The number of sulfone groups is 1. The average Bonchev–Trinajstić information content (AvgIpc) is 2.85. The highest BCUT2D eigenvalue weighted by Gasteiger charge is 2.30. The molecule has 1 heterocycles. The molecule has 0 saturated carbocycles. The van der Waals surface area contributed by atoms with Crippen LogP contribution in [0.2, 0.25) is 0 Å². The van der Waals surface area contributed by atoms with Gasteiger partial charge in [0.1, 0.15) is 0 Å². The van der Waals surface area contributed by atoms with Crippen LogP contribution in [0.5, 0.6) is 0 Å². The third-order valence-corrected chi connectivity index (χ3v) is 5.77. The maximum absolute atomic E-state index is 12.7. The largest absolute Gasteiger partial charge is 0.416 e. The van der Waals surface area contributed by atoms with Crippen molar-refractivity contribution < 1.29 is 21.6 Å². The third-order valence-electron chi connectivity index (χ3n) is 3.07. The predicted molar refractivity (Wildman–Crippen MR) is 84.0 cm³/mol. The van der Waals surface area contributed by atoms with E-state index in [-0.39, 0.29) is 17.2 Å². The van der Waals surface area contributed by atoms with Crippen LogP contribution in [0.25, 0.3) is 0 Å². The fraction of sp³-hybridized carbons (Fsp3) is 0.400. The minimum Gasteiger partial charge on any atom is -0.245 e. The molecule has 0 saturated heterocycles. The van der Waals surface area contributed by atoms with E-state index in [9.17, 15) is 21.6 Å². The lowest BCUT2D eigenvalue weighted by Crippen LogP contribution is -2.10. The summed E-state index contributed by atoms with van der Waals surface area (Å²) >= 11 is 1.39. The highest BCUT2D eigenvalue weighted by atomic mass is 32.2. The van der Waals surface area contributed by atoms with Crippen LogP contribution in [0.1, 0.15) is 41.6 Å². The predicted octanol–water partition coefficient (Wildman–Crippen LogP) is 4.40. The van der Waals surface area contributed by atoms with Gasteiger partial charge in [-0.15, -0.1) is 11.3 Å². The van der Waals surface area contributed by atoms with Gasteiger partial charge in [0.25, 0.3) is 0 Å². The van der Waals surface area contributed by atoms with Crippen molar-refractivity contribution in [2.45, 2.75) is 37.4 Å². The maximum Gasteiger partial charge on any atom is 0.416 e. The number of hydrogen-bond acceptors (Lipinski definition) is 4. The first-order chi connectivity index (χ1) is 10.6. The fourth-order valence-electron chi connectivity index (χ4n) is 2.02. The first-order valence-corrected chi connectivity index (χ1v) is 9.58. The van der Waals surface area contributed by atoms with Gasteiger partial charge >= 0.3 is 6.18 Å². The third kappa shape index (κ3) is 5.04. The van der Waals surface area contributed by atoms with Crippen molar-refractivity contribution >= 4 is 21.2 Å². The quantitative estimate of drug-likeness (QED) is 0.791. The Morgan fingerprint density at radius 1 is 1.22 bits per heavy atom. The summed E-state index contributed by atoms with van der Waals surface area (Å²) in [6, 6.07) is 4.39. The molecule has 2 aromatic rings. The van der Waals surface area contributed by atoms with Gasteiger partial charge in [-0.3, -0.25) is 0 Å². The van der Waals surface area contributed by atoms with Crippen molar-refractivity contribution in [1.82, 2.24) is 4.98 Å². The van der Waals surface area contributed by atoms with Crippen molar-refractivity contribution in [3.63, 3.8) is 0 Å². The van der Waals surface area contributed by atoms with E-state index in [4.69, 9.17) is 0 Å². The van der Waals surface area contributed by atoms with Crippen LogP contribution in [-0.2, 0) is 27.5 Å². The number of rotatable bonds is 5. The van der Waals surface area contributed by atoms with Gasteiger partial charge in [0.2, 0.25) is 0 Å². The molecule has 0 aliphatic carbocycles. The number of benzene rings is 1. The summed E-state index contributed by atoms with van der Waals surface area (Å²) < 4.78 is 62.4. The van der Waals surface area contributed by atoms with Gasteiger partial charge in [-0.25, -0.2) is 13.4 Å². The van der Waals surface area contributed by atoms with Crippen LogP contribution < -0.4 is 0 Å². The molecule has 2 rings (SSSR count). The summed E-state index contributed by atoms with van der Waals surface area (Å²) in [5, 5.41) is 2.52. The van der Waals surface area contributed by atoms with Crippen LogP contribution in [0, 0.1) is 0 Å². The summed E-state index contributed by atoms with van der Waals surface area (Å²) in [5.74, 6) is -0.502. The van der Waals surface area contributed by atoms with E-state index in [0.29, 0.717) is 5.69 Å². The summed E-state index contributed by atoms with van der Waals surface area (Å²) in [7, 11) is -3.59. The van der Waals surface area contributed by atoms with Crippen LogP contribution in [0.3, 0.4) is 0 Å². The van der Waals surface area contributed by atoms with Crippen LogP contribution in [0.4, 0.5) is 13.2 Å². The van der Waals surface area contributed by atoms with Gasteiger partial charge in [-0.2, -0.15) is 13.2 Å². The van der Waals surface area contributed by atoms with E-state index in [1.807, 2.05) is 13.8 Å². The number of halogens is 3. The van der Waals surface area contributed by atoms with E-state index >= 15 is 0 Å². The monoisotopic (exact) mass is 363 g/mol. The highest BCUT2D eigenvalue weighted by Crippen LogP contribution is 2.30. The molecular weight excluding hydrogens is 347 g/mol. The first-order valence-electron chi connectivity index (χ1n) is 6.88. The molecule has 0 N–H and O–H groups in total. The first kappa shape index (κ1) is 17.9. The van der Waals surface area contributed by atoms with Crippen LogP contribution >= 0.6 is 11.3 Å².